The van der Waals surface area contributed by atoms with Gasteiger partial charge in [-0.25, -0.2) is 9.97 Å². The number of hydrogen-bond donors (Lipinski definition) is 1. The molecule has 2 heterocycles. The number of amides is 1. The molecule has 0 fully saturated rings. The zero-order chi connectivity index (χ0) is 19.4. The molecule has 0 aliphatic carbocycles. The molecular formula is C21H26N4OS. The first kappa shape index (κ1) is 19.3. The molecule has 1 N–H and O–H groups in total. The summed E-state index contributed by atoms with van der Waals surface area (Å²) in [5, 5.41) is 4.38. The molecule has 27 heavy (non-hydrogen) atoms. The number of benzene rings is 1. The van der Waals surface area contributed by atoms with E-state index in [0.717, 1.165) is 46.0 Å². The van der Waals surface area contributed by atoms with Crippen molar-refractivity contribution in [1.29, 1.82) is 0 Å². The van der Waals surface area contributed by atoms with Gasteiger partial charge in [0.1, 0.15) is 17.0 Å². The van der Waals surface area contributed by atoms with E-state index in [9.17, 15) is 4.79 Å². The van der Waals surface area contributed by atoms with Gasteiger partial charge in [-0.3, -0.25) is 4.79 Å². The largest absolute Gasteiger partial charge is 0.369 e. The molecule has 0 aliphatic heterocycles. The maximum absolute atomic E-state index is 12.8. The Labute approximate surface area is 164 Å². The fourth-order valence-electron chi connectivity index (χ4n) is 3.18. The van der Waals surface area contributed by atoms with Gasteiger partial charge in [-0.2, -0.15) is 0 Å². The summed E-state index contributed by atoms with van der Waals surface area (Å²) in [7, 11) is 1.86. The van der Waals surface area contributed by atoms with Crippen LogP contribution in [0.1, 0.15) is 34.6 Å². The maximum Gasteiger partial charge on any atom is 0.264 e. The van der Waals surface area contributed by atoms with Crippen LogP contribution in [0, 0.1) is 12.8 Å². The number of nitrogens with zero attached hydrogens (tertiary/aromatic N) is 3. The van der Waals surface area contributed by atoms with Crippen molar-refractivity contribution >= 4 is 33.3 Å². The van der Waals surface area contributed by atoms with Gasteiger partial charge < -0.3 is 10.2 Å². The molecule has 1 aromatic carbocycles. The van der Waals surface area contributed by atoms with Crippen LogP contribution in [0.5, 0.6) is 0 Å². The Bertz CT molecular complexity index is 921. The van der Waals surface area contributed by atoms with Crippen LogP contribution < -0.4 is 5.32 Å². The average molecular weight is 383 g/mol. The molecule has 0 bridgehead atoms. The monoisotopic (exact) mass is 382 g/mol. The molecule has 5 nitrogen and oxygen atoms in total. The summed E-state index contributed by atoms with van der Waals surface area (Å²) >= 11 is 1.45. The van der Waals surface area contributed by atoms with Crippen LogP contribution in [0.15, 0.2) is 36.7 Å². The molecule has 1 amide bonds. The van der Waals surface area contributed by atoms with E-state index in [4.69, 9.17) is 0 Å². The Hall–Kier alpha value is -2.47. The van der Waals surface area contributed by atoms with Gasteiger partial charge in [0.05, 0.1) is 10.3 Å². The zero-order valence-corrected chi connectivity index (χ0v) is 17.1. The summed E-state index contributed by atoms with van der Waals surface area (Å²) in [5.41, 5.74) is 2.24. The number of anilines is 1. The third-order valence-corrected chi connectivity index (χ3v) is 5.64. The lowest BCUT2D eigenvalue weighted by Gasteiger charge is -2.18. The quantitative estimate of drug-likeness (QED) is 0.659. The van der Waals surface area contributed by atoms with Crippen LogP contribution in [0.25, 0.3) is 10.2 Å². The van der Waals surface area contributed by atoms with Gasteiger partial charge in [0.25, 0.3) is 5.91 Å². The van der Waals surface area contributed by atoms with E-state index in [1.165, 1.54) is 16.9 Å². The molecule has 0 spiro atoms. The standard InChI is InChI=1S/C21H26N4OS/c1-14(2)12-25(4)21(26)18-15(3)17-19(23-13-24-20(17)27-18)22-11-10-16-8-6-5-7-9-16/h5-9,13-14H,10-12H2,1-4H3,(H,22,23,24). The normalized spacial score (nSPS) is 11.1. The SMILES string of the molecule is Cc1c(C(=O)N(C)CC(C)C)sc2ncnc(NCCc3ccccc3)c12. The third kappa shape index (κ3) is 4.45. The van der Waals surface area contributed by atoms with Gasteiger partial charge in [0.2, 0.25) is 0 Å². The molecule has 3 aromatic rings. The lowest BCUT2D eigenvalue weighted by Crippen LogP contribution is -2.30. The highest BCUT2D eigenvalue weighted by Crippen LogP contribution is 2.33. The lowest BCUT2D eigenvalue weighted by atomic mass is 10.1. The van der Waals surface area contributed by atoms with Gasteiger partial charge in [0, 0.05) is 20.1 Å². The maximum atomic E-state index is 12.8. The molecular weight excluding hydrogens is 356 g/mol. The summed E-state index contributed by atoms with van der Waals surface area (Å²) in [6.07, 6.45) is 2.48. The number of aryl methyl sites for hydroxylation is 1. The van der Waals surface area contributed by atoms with Crippen molar-refractivity contribution in [2.24, 2.45) is 5.92 Å². The van der Waals surface area contributed by atoms with Gasteiger partial charge in [-0.1, -0.05) is 44.2 Å². The highest BCUT2D eigenvalue weighted by Gasteiger charge is 2.22. The van der Waals surface area contributed by atoms with Crippen molar-refractivity contribution in [1.82, 2.24) is 14.9 Å². The number of fused-ring (bicyclic) bond motifs is 1. The van der Waals surface area contributed by atoms with E-state index in [-0.39, 0.29) is 5.91 Å². The van der Waals surface area contributed by atoms with Crippen molar-refractivity contribution in [2.45, 2.75) is 27.2 Å². The number of hydrogen-bond acceptors (Lipinski definition) is 5. The Morgan fingerprint density at radius 2 is 1.96 bits per heavy atom. The van der Waals surface area contributed by atoms with Crippen LogP contribution in [0.4, 0.5) is 5.82 Å². The van der Waals surface area contributed by atoms with Crippen molar-refractivity contribution in [3.63, 3.8) is 0 Å². The number of carbonyl (C=O) groups excluding carboxylic acids is 1. The Morgan fingerprint density at radius 1 is 1.22 bits per heavy atom. The summed E-state index contributed by atoms with van der Waals surface area (Å²) < 4.78 is 0. The van der Waals surface area contributed by atoms with E-state index in [1.807, 2.05) is 32.2 Å². The summed E-state index contributed by atoms with van der Waals surface area (Å²) in [5.74, 6) is 1.29. The lowest BCUT2D eigenvalue weighted by molar-refractivity contribution is 0.0783. The summed E-state index contributed by atoms with van der Waals surface area (Å²) in [6, 6.07) is 10.4. The minimum atomic E-state index is 0.0550. The molecule has 0 unspecified atom stereocenters. The predicted octanol–water partition coefficient (Wildman–Crippen LogP) is 4.38. The Morgan fingerprint density at radius 3 is 2.67 bits per heavy atom. The van der Waals surface area contributed by atoms with E-state index < -0.39 is 0 Å². The average Bonchev–Trinajstić information content (AvgIpc) is 2.99. The number of aromatic nitrogens is 2. The van der Waals surface area contributed by atoms with Gasteiger partial charge in [0.15, 0.2) is 0 Å². The first-order valence-electron chi connectivity index (χ1n) is 9.24. The summed E-state index contributed by atoms with van der Waals surface area (Å²) in [4.78, 5) is 25.1. The van der Waals surface area contributed by atoms with E-state index in [1.54, 1.807) is 11.2 Å². The number of thiophene rings is 1. The van der Waals surface area contributed by atoms with Crippen molar-refractivity contribution in [3.8, 4) is 0 Å². The second kappa shape index (κ2) is 8.48. The molecule has 6 heteroatoms. The second-order valence-corrected chi connectivity index (χ2v) is 8.20. The van der Waals surface area contributed by atoms with E-state index in [0.29, 0.717) is 5.92 Å². The van der Waals surface area contributed by atoms with Crippen molar-refractivity contribution in [3.05, 3.63) is 52.7 Å². The van der Waals surface area contributed by atoms with Crippen LogP contribution >= 0.6 is 11.3 Å². The minimum Gasteiger partial charge on any atom is -0.369 e. The second-order valence-electron chi connectivity index (χ2n) is 7.20. The van der Waals surface area contributed by atoms with Crippen LogP contribution in [0.3, 0.4) is 0 Å². The van der Waals surface area contributed by atoms with Gasteiger partial charge in [-0.05, 0) is 30.4 Å². The van der Waals surface area contributed by atoms with E-state index in [2.05, 4.69) is 41.3 Å². The first-order valence-corrected chi connectivity index (χ1v) is 10.1. The Balaban J connectivity index is 1.81. The van der Waals surface area contributed by atoms with Crippen molar-refractivity contribution < 1.29 is 4.79 Å². The first-order chi connectivity index (χ1) is 13.0. The smallest absolute Gasteiger partial charge is 0.264 e. The van der Waals surface area contributed by atoms with Crippen LogP contribution in [-0.2, 0) is 6.42 Å². The molecule has 0 aliphatic rings. The zero-order valence-electron chi connectivity index (χ0n) is 16.3. The molecule has 2 aromatic heterocycles. The van der Waals surface area contributed by atoms with Gasteiger partial charge >= 0.3 is 0 Å². The fraction of sp³-hybridized carbons (Fsp3) is 0.381. The molecule has 0 atom stereocenters. The molecule has 0 saturated carbocycles. The molecule has 0 radical (unpaired) electrons. The number of rotatable bonds is 7. The fourth-order valence-corrected chi connectivity index (χ4v) is 4.33. The highest BCUT2D eigenvalue weighted by atomic mass is 32.1. The number of nitrogens with one attached hydrogen (secondary N) is 1. The third-order valence-electron chi connectivity index (χ3n) is 4.46. The highest BCUT2D eigenvalue weighted by molar-refractivity contribution is 7.20. The Kier molecular flexibility index (Phi) is 6.06. The van der Waals surface area contributed by atoms with Crippen molar-refractivity contribution in [2.75, 3.05) is 25.5 Å². The molecule has 142 valence electrons. The topological polar surface area (TPSA) is 58.1 Å². The minimum absolute atomic E-state index is 0.0550. The summed E-state index contributed by atoms with van der Waals surface area (Å²) in [6.45, 7) is 7.73. The van der Waals surface area contributed by atoms with E-state index >= 15 is 0 Å². The molecule has 0 saturated heterocycles. The van der Waals surface area contributed by atoms with Crippen LogP contribution in [0.2, 0.25) is 0 Å². The predicted molar refractivity (Wildman–Crippen MR) is 113 cm³/mol. The van der Waals surface area contributed by atoms with Gasteiger partial charge in [-0.15, -0.1) is 11.3 Å². The molecule has 3 rings (SSSR count). The number of carbonyl (C=O) groups is 1. The van der Waals surface area contributed by atoms with Crippen LogP contribution in [-0.4, -0.2) is 40.9 Å².